The van der Waals surface area contributed by atoms with Crippen LogP contribution >= 0.6 is 0 Å². The summed E-state index contributed by atoms with van der Waals surface area (Å²) in [6.45, 7) is 3.72. The minimum absolute atomic E-state index is 0.208. The topological polar surface area (TPSA) is 96.5 Å². The van der Waals surface area contributed by atoms with Crippen LogP contribution in [0, 0.1) is 0 Å². The normalized spacial score (nSPS) is 9.92. The van der Waals surface area contributed by atoms with Crippen LogP contribution in [0.4, 0.5) is 17.1 Å². The van der Waals surface area contributed by atoms with Gasteiger partial charge in [-0.05, 0) is 37.3 Å². The Kier molecular flexibility index (Phi) is 6.73. The van der Waals surface area contributed by atoms with Gasteiger partial charge in [-0.3, -0.25) is 14.4 Å². The van der Waals surface area contributed by atoms with Gasteiger partial charge in [0, 0.05) is 18.3 Å². The molecule has 136 valence electrons. The van der Waals surface area contributed by atoms with Crippen molar-refractivity contribution in [2.45, 2.75) is 20.3 Å². The van der Waals surface area contributed by atoms with Crippen LogP contribution in [0.15, 0.2) is 48.5 Å². The number of carbonyl (C=O) groups is 3. The molecule has 2 rings (SSSR count). The first-order chi connectivity index (χ1) is 12.5. The number of hydrogen-bond donors (Lipinski definition) is 3. The van der Waals surface area contributed by atoms with Gasteiger partial charge in [-0.15, -0.1) is 0 Å². The SMILES string of the molecule is CCOc1ccccc1NC(=O)CC(=O)Nc1cccc(NC(C)=O)c1. The second-order valence-corrected chi connectivity index (χ2v) is 5.46. The average Bonchev–Trinajstić information content (AvgIpc) is 2.56. The van der Waals surface area contributed by atoms with E-state index < -0.39 is 11.8 Å². The van der Waals surface area contributed by atoms with Gasteiger partial charge in [0.25, 0.3) is 0 Å². The van der Waals surface area contributed by atoms with E-state index >= 15 is 0 Å². The molecule has 0 heterocycles. The molecule has 7 heteroatoms. The minimum atomic E-state index is -0.462. The van der Waals surface area contributed by atoms with Crippen LogP contribution in [0.5, 0.6) is 5.75 Å². The summed E-state index contributed by atoms with van der Waals surface area (Å²) in [7, 11) is 0. The monoisotopic (exact) mass is 355 g/mol. The van der Waals surface area contributed by atoms with E-state index in [1.165, 1.54) is 6.92 Å². The molecule has 0 aliphatic rings. The summed E-state index contributed by atoms with van der Waals surface area (Å²) in [6, 6.07) is 13.7. The van der Waals surface area contributed by atoms with Crippen LogP contribution in [-0.2, 0) is 14.4 Å². The molecule has 0 saturated heterocycles. The Morgan fingerprint density at radius 2 is 1.54 bits per heavy atom. The summed E-state index contributed by atoms with van der Waals surface area (Å²) in [5, 5.41) is 7.92. The Bertz CT molecular complexity index is 805. The van der Waals surface area contributed by atoms with E-state index in [4.69, 9.17) is 4.74 Å². The molecule has 0 radical (unpaired) electrons. The Morgan fingerprint density at radius 1 is 0.885 bits per heavy atom. The second-order valence-electron chi connectivity index (χ2n) is 5.46. The van der Waals surface area contributed by atoms with Crippen LogP contribution in [0.1, 0.15) is 20.3 Å². The molecule has 0 aromatic heterocycles. The lowest BCUT2D eigenvalue weighted by Gasteiger charge is -2.11. The fourth-order valence-electron chi connectivity index (χ4n) is 2.27. The van der Waals surface area contributed by atoms with Crippen molar-refractivity contribution in [1.82, 2.24) is 0 Å². The first-order valence-corrected chi connectivity index (χ1v) is 8.17. The standard InChI is InChI=1S/C19H21N3O4/c1-3-26-17-10-5-4-9-16(17)22-19(25)12-18(24)21-15-8-6-7-14(11-15)20-13(2)23/h4-11H,3,12H2,1-2H3,(H,20,23)(H,21,24)(H,22,25). The first kappa shape index (κ1) is 19.0. The molecule has 0 saturated carbocycles. The van der Waals surface area contributed by atoms with Gasteiger partial charge in [0.15, 0.2) is 0 Å². The van der Waals surface area contributed by atoms with E-state index in [1.807, 2.05) is 6.92 Å². The Hall–Kier alpha value is -3.35. The number of amides is 3. The average molecular weight is 355 g/mol. The Morgan fingerprint density at radius 3 is 2.23 bits per heavy atom. The maximum atomic E-state index is 12.1. The summed E-state index contributed by atoms with van der Waals surface area (Å²) in [6.07, 6.45) is -0.342. The predicted octanol–water partition coefficient (Wildman–Crippen LogP) is 3.01. The highest BCUT2D eigenvalue weighted by Crippen LogP contribution is 2.23. The van der Waals surface area contributed by atoms with Gasteiger partial charge >= 0.3 is 0 Å². The molecular formula is C19H21N3O4. The molecule has 3 N–H and O–H groups in total. The fourth-order valence-corrected chi connectivity index (χ4v) is 2.27. The van der Waals surface area contributed by atoms with Gasteiger partial charge in [0.1, 0.15) is 12.2 Å². The summed E-state index contributed by atoms with van der Waals surface area (Å²) in [4.78, 5) is 35.2. The third-order valence-corrected chi connectivity index (χ3v) is 3.25. The van der Waals surface area contributed by atoms with Crippen LogP contribution in [-0.4, -0.2) is 24.3 Å². The summed E-state index contributed by atoms with van der Waals surface area (Å²) >= 11 is 0. The van der Waals surface area contributed by atoms with E-state index in [2.05, 4.69) is 16.0 Å². The van der Waals surface area contributed by atoms with E-state index in [-0.39, 0.29) is 12.3 Å². The van der Waals surface area contributed by atoms with Crippen molar-refractivity contribution in [3.05, 3.63) is 48.5 Å². The molecular weight excluding hydrogens is 334 g/mol. The molecule has 7 nitrogen and oxygen atoms in total. The molecule has 0 aliphatic heterocycles. The third kappa shape index (κ3) is 5.94. The highest BCUT2D eigenvalue weighted by atomic mass is 16.5. The maximum Gasteiger partial charge on any atom is 0.233 e. The van der Waals surface area contributed by atoms with E-state index in [0.717, 1.165) is 0 Å². The highest BCUT2D eigenvalue weighted by molar-refractivity contribution is 6.08. The smallest absolute Gasteiger partial charge is 0.233 e. The van der Waals surface area contributed by atoms with Crippen molar-refractivity contribution in [3.8, 4) is 5.75 Å². The zero-order valence-corrected chi connectivity index (χ0v) is 14.7. The molecule has 0 aliphatic carbocycles. The molecule has 3 amide bonds. The van der Waals surface area contributed by atoms with E-state index in [0.29, 0.717) is 29.4 Å². The number of carbonyl (C=O) groups excluding carboxylic acids is 3. The van der Waals surface area contributed by atoms with Gasteiger partial charge in [-0.2, -0.15) is 0 Å². The number of para-hydroxylation sites is 2. The molecule has 0 atom stereocenters. The van der Waals surface area contributed by atoms with Crippen molar-refractivity contribution in [1.29, 1.82) is 0 Å². The van der Waals surface area contributed by atoms with E-state index in [9.17, 15) is 14.4 Å². The maximum absolute atomic E-state index is 12.1. The van der Waals surface area contributed by atoms with Gasteiger partial charge in [-0.25, -0.2) is 0 Å². The molecule has 0 spiro atoms. The number of rotatable bonds is 7. The predicted molar refractivity (Wildman–Crippen MR) is 100 cm³/mol. The van der Waals surface area contributed by atoms with Crippen molar-refractivity contribution in [2.75, 3.05) is 22.6 Å². The molecule has 2 aromatic carbocycles. The van der Waals surface area contributed by atoms with Gasteiger partial charge in [-0.1, -0.05) is 18.2 Å². The Labute approximate surface area is 151 Å². The summed E-state index contributed by atoms with van der Waals surface area (Å²) in [5.74, 6) is -0.573. The van der Waals surface area contributed by atoms with Crippen molar-refractivity contribution in [3.63, 3.8) is 0 Å². The lowest BCUT2D eigenvalue weighted by atomic mass is 10.2. The zero-order valence-electron chi connectivity index (χ0n) is 14.7. The number of anilines is 3. The fraction of sp³-hybridized carbons (Fsp3) is 0.211. The lowest BCUT2D eigenvalue weighted by Crippen LogP contribution is -2.21. The number of ether oxygens (including phenoxy) is 1. The molecule has 0 unspecified atom stereocenters. The van der Waals surface area contributed by atoms with E-state index in [1.54, 1.807) is 48.5 Å². The Balaban J connectivity index is 1.93. The molecule has 2 aromatic rings. The lowest BCUT2D eigenvalue weighted by molar-refractivity contribution is -0.123. The molecule has 26 heavy (non-hydrogen) atoms. The van der Waals surface area contributed by atoms with Crippen LogP contribution in [0.2, 0.25) is 0 Å². The third-order valence-electron chi connectivity index (χ3n) is 3.25. The zero-order chi connectivity index (χ0) is 18.9. The van der Waals surface area contributed by atoms with Crippen LogP contribution < -0.4 is 20.7 Å². The van der Waals surface area contributed by atoms with Gasteiger partial charge < -0.3 is 20.7 Å². The number of benzene rings is 2. The van der Waals surface area contributed by atoms with Gasteiger partial charge in [0.2, 0.25) is 17.7 Å². The van der Waals surface area contributed by atoms with Crippen molar-refractivity contribution < 1.29 is 19.1 Å². The second kappa shape index (κ2) is 9.22. The molecule has 0 fully saturated rings. The van der Waals surface area contributed by atoms with Crippen LogP contribution in [0.25, 0.3) is 0 Å². The van der Waals surface area contributed by atoms with Crippen molar-refractivity contribution in [2.24, 2.45) is 0 Å². The minimum Gasteiger partial charge on any atom is -0.492 e. The van der Waals surface area contributed by atoms with Crippen LogP contribution in [0.3, 0.4) is 0 Å². The number of nitrogens with one attached hydrogen (secondary N) is 3. The molecule has 0 bridgehead atoms. The largest absolute Gasteiger partial charge is 0.492 e. The highest BCUT2D eigenvalue weighted by Gasteiger charge is 2.12. The van der Waals surface area contributed by atoms with Gasteiger partial charge in [0.05, 0.1) is 12.3 Å². The number of hydrogen-bond acceptors (Lipinski definition) is 4. The first-order valence-electron chi connectivity index (χ1n) is 8.17. The quantitative estimate of drug-likeness (QED) is 0.665. The summed E-state index contributed by atoms with van der Waals surface area (Å²) in [5.41, 5.74) is 1.56. The summed E-state index contributed by atoms with van der Waals surface area (Å²) < 4.78 is 5.43. The van der Waals surface area contributed by atoms with Crippen molar-refractivity contribution >= 4 is 34.8 Å².